The van der Waals surface area contributed by atoms with E-state index in [1.807, 2.05) is 7.05 Å². The molecule has 1 rings (SSSR count). The summed E-state index contributed by atoms with van der Waals surface area (Å²) in [6, 6.07) is 0.384. The highest BCUT2D eigenvalue weighted by Crippen LogP contribution is 2.06. The Balaban J connectivity index is 2.39. The van der Waals surface area contributed by atoms with Gasteiger partial charge in [-0.2, -0.15) is 12.6 Å². The van der Waals surface area contributed by atoms with Crippen LogP contribution in [0.2, 0.25) is 0 Å². The number of nitrogens with one attached hydrogen (secondary N) is 1. The topological polar surface area (TPSA) is 32.3 Å². The summed E-state index contributed by atoms with van der Waals surface area (Å²) in [5.41, 5.74) is 0. The molecular weight excluding hydrogens is 160 g/mol. The summed E-state index contributed by atoms with van der Waals surface area (Å²) in [7, 11) is 1.84. The zero-order valence-corrected chi connectivity index (χ0v) is 7.60. The molecule has 4 heteroatoms. The molecule has 64 valence electrons. The van der Waals surface area contributed by atoms with E-state index < -0.39 is 0 Å². The maximum atomic E-state index is 11.1. The molecule has 0 saturated carbocycles. The Labute approximate surface area is 72.5 Å². The molecular formula is C7H14N2OS. The Morgan fingerprint density at radius 1 is 1.82 bits per heavy atom. The van der Waals surface area contributed by atoms with Crippen molar-refractivity contribution in [2.75, 3.05) is 25.9 Å². The lowest BCUT2D eigenvalue weighted by molar-refractivity contribution is -0.128. The van der Waals surface area contributed by atoms with Crippen molar-refractivity contribution in [2.45, 2.75) is 12.5 Å². The first kappa shape index (κ1) is 8.87. The fraction of sp³-hybridized carbons (Fsp3) is 0.857. The summed E-state index contributed by atoms with van der Waals surface area (Å²) in [5.74, 6) is 0.425. The van der Waals surface area contributed by atoms with Gasteiger partial charge in [-0.3, -0.25) is 4.79 Å². The lowest BCUT2D eigenvalue weighted by Gasteiger charge is -2.22. The van der Waals surface area contributed by atoms with Crippen LogP contribution in [0.15, 0.2) is 0 Å². The molecule has 1 saturated heterocycles. The van der Waals surface area contributed by atoms with Crippen molar-refractivity contribution in [2.24, 2.45) is 0 Å². The van der Waals surface area contributed by atoms with Gasteiger partial charge >= 0.3 is 0 Å². The highest BCUT2D eigenvalue weighted by molar-refractivity contribution is 7.81. The van der Waals surface area contributed by atoms with Gasteiger partial charge in [0.2, 0.25) is 5.91 Å². The number of hydrogen-bond donors (Lipinski definition) is 2. The minimum absolute atomic E-state index is 0.113. The summed E-state index contributed by atoms with van der Waals surface area (Å²) in [6.07, 6.45) is 1.07. The highest BCUT2D eigenvalue weighted by atomic mass is 32.1. The normalized spacial score (nSPS) is 23.6. The number of carbonyl (C=O) groups excluding carboxylic acids is 1. The largest absolute Gasteiger partial charge is 0.341 e. The van der Waals surface area contributed by atoms with E-state index in [0.29, 0.717) is 11.8 Å². The van der Waals surface area contributed by atoms with Crippen molar-refractivity contribution in [3.63, 3.8) is 0 Å². The lowest BCUT2D eigenvalue weighted by atomic mass is 10.2. The van der Waals surface area contributed by atoms with Gasteiger partial charge in [0, 0.05) is 19.6 Å². The van der Waals surface area contributed by atoms with E-state index in [1.165, 1.54) is 0 Å². The number of hydrogen-bond acceptors (Lipinski definition) is 3. The maximum Gasteiger partial charge on any atom is 0.232 e. The molecule has 0 aromatic carbocycles. The third-order valence-electron chi connectivity index (χ3n) is 2.11. The number of carbonyl (C=O) groups is 1. The molecule has 1 aliphatic rings. The minimum Gasteiger partial charge on any atom is -0.341 e. The summed E-state index contributed by atoms with van der Waals surface area (Å²) >= 11 is 3.94. The first-order chi connectivity index (χ1) is 5.25. The van der Waals surface area contributed by atoms with Gasteiger partial charge in [-0.25, -0.2) is 0 Å². The molecule has 1 unspecified atom stereocenters. The average molecular weight is 174 g/mol. The Morgan fingerprint density at radius 3 is 3.00 bits per heavy atom. The molecule has 0 aromatic heterocycles. The number of rotatable bonds is 2. The van der Waals surface area contributed by atoms with Gasteiger partial charge in [-0.15, -0.1) is 0 Å². The van der Waals surface area contributed by atoms with Crippen LogP contribution in [0.25, 0.3) is 0 Å². The summed E-state index contributed by atoms with van der Waals surface area (Å²) < 4.78 is 0. The van der Waals surface area contributed by atoms with Crippen molar-refractivity contribution in [1.29, 1.82) is 0 Å². The first-order valence-electron chi connectivity index (χ1n) is 3.83. The van der Waals surface area contributed by atoms with E-state index in [1.54, 1.807) is 4.90 Å². The van der Waals surface area contributed by atoms with E-state index in [9.17, 15) is 4.79 Å². The molecule has 0 radical (unpaired) electrons. The van der Waals surface area contributed by atoms with Crippen molar-refractivity contribution in [3.05, 3.63) is 0 Å². The number of nitrogens with zero attached hydrogens (tertiary/aromatic N) is 1. The van der Waals surface area contributed by atoms with Gasteiger partial charge in [0.15, 0.2) is 0 Å². The van der Waals surface area contributed by atoms with Gasteiger partial charge in [-0.05, 0) is 13.0 Å². The molecule has 1 fully saturated rings. The molecule has 1 amide bonds. The summed E-state index contributed by atoms with van der Waals surface area (Å²) in [4.78, 5) is 12.9. The quantitative estimate of drug-likeness (QED) is 0.565. The van der Waals surface area contributed by atoms with Gasteiger partial charge in [0.25, 0.3) is 0 Å². The maximum absolute atomic E-state index is 11.1. The molecule has 0 aliphatic carbocycles. The molecule has 1 heterocycles. The van der Waals surface area contributed by atoms with E-state index in [2.05, 4.69) is 17.9 Å². The van der Waals surface area contributed by atoms with Crippen molar-refractivity contribution in [3.8, 4) is 0 Å². The lowest BCUT2D eigenvalue weighted by Crippen LogP contribution is -2.39. The third kappa shape index (κ3) is 2.10. The Morgan fingerprint density at radius 2 is 2.55 bits per heavy atom. The van der Waals surface area contributed by atoms with Crippen LogP contribution in [0.1, 0.15) is 6.42 Å². The predicted molar refractivity (Wildman–Crippen MR) is 47.9 cm³/mol. The van der Waals surface area contributed by atoms with Crippen LogP contribution in [-0.4, -0.2) is 42.7 Å². The van der Waals surface area contributed by atoms with Crippen molar-refractivity contribution < 1.29 is 4.79 Å². The third-order valence-corrected chi connectivity index (χ3v) is 2.38. The summed E-state index contributed by atoms with van der Waals surface area (Å²) in [5, 5.41) is 3.21. The van der Waals surface area contributed by atoms with Gasteiger partial charge < -0.3 is 10.2 Å². The Kier molecular flexibility index (Phi) is 3.20. The molecule has 11 heavy (non-hydrogen) atoms. The second kappa shape index (κ2) is 3.97. The second-order valence-corrected chi connectivity index (χ2v) is 3.13. The zero-order chi connectivity index (χ0) is 8.27. The van der Waals surface area contributed by atoms with Gasteiger partial charge in [0.1, 0.15) is 0 Å². The number of amides is 1. The first-order valence-corrected chi connectivity index (χ1v) is 4.46. The summed E-state index contributed by atoms with van der Waals surface area (Å²) in [6.45, 7) is 1.95. The molecule has 1 aliphatic heterocycles. The Hall–Kier alpha value is -0.220. The van der Waals surface area contributed by atoms with E-state index in [4.69, 9.17) is 0 Å². The SMILES string of the molecule is CN(C(=O)CS)C1CCNC1. The minimum atomic E-state index is 0.113. The fourth-order valence-electron chi connectivity index (χ4n) is 1.29. The average Bonchev–Trinajstić information content (AvgIpc) is 2.53. The predicted octanol–water partition coefficient (Wildman–Crippen LogP) is -0.264. The van der Waals surface area contributed by atoms with Crippen molar-refractivity contribution in [1.82, 2.24) is 10.2 Å². The second-order valence-electron chi connectivity index (χ2n) is 2.81. The van der Waals surface area contributed by atoms with Crippen LogP contribution in [0, 0.1) is 0 Å². The molecule has 1 atom stereocenters. The molecule has 1 N–H and O–H groups in total. The van der Waals surface area contributed by atoms with Crippen LogP contribution in [-0.2, 0) is 4.79 Å². The van der Waals surface area contributed by atoms with E-state index in [0.717, 1.165) is 19.5 Å². The molecule has 3 nitrogen and oxygen atoms in total. The molecule has 0 spiro atoms. The smallest absolute Gasteiger partial charge is 0.232 e. The van der Waals surface area contributed by atoms with Crippen LogP contribution in [0.3, 0.4) is 0 Å². The number of likely N-dealkylation sites (N-methyl/N-ethyl adjacent to an activating group) is 1. The standard InChI is InChI=1S/C7H14N2OS/c1-9(7(10)5-11)6-2-3-8-4-6/h6,8,11H,2-5H2,1H3. The highest BCUT2D eigenvalue weighted by Gasteiger charge is 2.21. The van der Waals surface area contributed by atoms with Gasteiger partial charge in [-0.1, -0.05) is 0 Å². The van der Waals surface area contributed by atoms with Crippen LogP contribution >= 0.6 is 12.6 Å². The Bertz CT molecular complexity index is 145. The number of thiol groups is 1. The monoisotopic (exact) mass is 174 g/mol. The molecule has 0 bridgehead atoms. The fourth-order valence-corrected chi connectivity index (χ4v) is 1.51. The van der Waals surface area contributed by atoms with E-state index >= 15 is 0 Å². The van der Waals surface area contributed by atoms with E-state index in [-0.39, 0.29) is 5.91 Å². The van der Waals surface area contributed by atoms with Crippen LogP contribution in [0.5, 0.6) is 0 Å². The van der Waals surface area contributed by atoms with Crippen LogP contribution in [0.4, 0.5) is 0 Å². The van der Waals surface area contributed by atoms with Crippen molar-refractivity contribution >= 4 is 18.5 Å². The molecule has 0 aromatic rings. The zero-order valence-electron chi connectivity index (χ0n) is 6.71. The van der Waals surface area contributed by atoms with Gasteiger partial charge in [0.05, 0.1) is 5.75 Å². The van der Waals surface area contributed by atoms with Crippen LogP contribution < -0.4 is 5.32 Å².